The molecule has 1 aliphatic carbocycles. The number of nitrogens with zero attached hydrogens (tertiary/aromatic N) is 1. The number of hydrogen-bond donors (Lipinski definition) is 3. The van der Waals surface area contributed by atoms with Crippen LogP contribution in [-0.4, -0.2) is 31.0 Å². The Balaban J connectivity index is 1.88. The largest absolute Gasteiger partial charge is 0.357 e. The highest BCUT2D eigenvalue weighted by Crippen LogP contribution is 2.17. The number of guanidine groups is 1. The average molecular weight is 359 g/mol. The Morgan fingerprint density at radius 1 is 1.08 bits per heavy atom. The molecule has 0 aliphatic heterocycles. The molecule has 1 aromatic carbocycles. The Morgan fingerprint density at radius 3 is 2.46 bits per heavy atom. The van der Waals surface area contributed by atoms with Crippen LogP contribution in [0.2, 0.25) is 0 Å². The van der Waals surface area contributed by atoms with Crippen LogP contribution >= 0.6 is 0 Å². The molecule has 0 saturated heterocycles. The van der Waals surface area contributed by atoms with Crippen LogP contribution in [0.4, 0.5) is 0 Å². The fourth-order valence-electron chi connectivity index (χ4n) is 3.17. The van der Waals surface area contributed by atoms with Crippen LogP contribution in [0.25, 0.3) is 0 Å². The molecule has 1 aliphatic rings. The molecule has 3 N–H and O–H groups in total. The van der Waals surface area contributed by atoms with E-state index in [1.54, 1.807) is 0 Å². The highest BCUT2D eigenvalue weighted by molar-refractivity contribution is 5.94. The van der Waals surface area contributed by atoms with E-state index in [-0.39, 0.29) is 5.91 Å². The Labute approximate surface area is 158 Å². The molecule has 0 spiro atoms. The topological polar surface area (TPSA) is 65.5 Å². The van der Waals surface area contributed by atoms with Gasteiger partial charge in [-0.15, -0.1) is 0 Å². The second-order valence-electron chi connectivity index (χ2n) is 6.98. The van der Waals surface area contributed by atoms with E-state index in [4.69, 9.17) is 4.99 Å². The third-order valence-electron chi connectivity index (χ3n) is 4.74. The van der Waals surface area contributed by atoms with Crippen molar-refractivity contribution in [3.05, 3.63) is 35.4 Å². The van der Waals surface area contributed by atoms with Crippen molar-refractivity contribution in [3.63, 3.8) is 0 Å². The van der Waals surface area contributed by atoms with Gasteiger partial charge in [0.2, 0.25) is 0 Å². The van der Waals surface area contributed by atoms with E-state index in [1.807, 2.05) is 24.3 Å². The summed E-state index contributed by atoms with van der Waals surface area (Å²) in [6, 6.07) is 8.28. The van der Waals surface area contributed by atoms with Crippen LogP contribution < -0.4 is 16.0 Å². The van der Waals surface area contributed by atoms with Gasteiger partial charge >= 0.3 is 0 Å². The predicted octanol–water partition coefficient (Wildman–Crippen LogP) is 3.60. The van der Waals surface area contributed by atoms with Crippen LogP contribution in [-0.2, 0) is 6.54 Å². The molecule has 0 atom stereocenters. The average Bonchev–Trinajstić information content (AvgIpc) is 2.67. The molecule has 1 aromatic rings. The molecule has 0 unspecified atom stereocenters. The molecular formula is C21H34N4O. The van der Waals surface area contributed by atoms with Crippen LogP contribution in [0.1, 0.15) is 74.7 Å². The number of carbonyl (C=O) groups is 1. The number of nitrogens with one attached hydrogen (secondary N) is 3. The standard InChI is InChI=1S/C21H34N4O/c1-3-5-15-23-20(26)18-13-11-17(12-14-18)16-24-21(22-4-2)25-19-9-7-6-8-10-19/h11-14,19H,3-10,15-16H2,1-2H3,(H,23,26)(H2,22,24,25). The molecule has 26 heavy (non-hydrogen) atoms. The van der Waals surface area contributed by atoms with Crippen LogP contribution in [0, 0.1) is 0 Å². The number of rotatable bonds is 8. The summed E-state index contributed by atoms with van der Waals surface area (Å²) in [6.45, 7) is 6.41. The SMILES string of the molecule is CCCCNC(=O)c1ccc(CN=C(NCC)NC2CCCCC2)cc1. The van der Waals surface area contributed by atoms with Crippen molar-refractivity contribution in [1.29, 1.82) is 0 Å². The van der Waals surface area contributed by atoms with Gasteiger partial charge in [0.25, 0.3) is 5.91 Å². The van der Waals surface area contributed by atoms with Gasteiger partial charge in [-0.1, -0.05) is 44.7 Å². The quantitative estimate of drug-likeness (QED) is 0.378. The smallest absolute Gasteiger partial charge is 0.251 e. The summed E-state index contributed by atoms with van der Waals surface area (Å²) in [4.78, 5) is 16.8. The van der Waals surface area contributed by atoms with E-state index in [1.165, 1.54) is 32.1 Å². The summed E-state index contributed by atoms with van der Waals surface area (Å²) in [5.41, 5.74) is 1.82. The van der Waals surface area contributed by atoms with E-state index in [2.05, 4.69) is 29.8 Å². The minimum absolute atomic E-state index is 0.000745. The summed E-state index contributed by atoms with van der Waals surface area (Å²) < 4.78 is 0. The zero-order valence-electron chi connectivity index (χ0n) is 16.3. The molecule has 5 nitrogen and oxygen atoms in total. The monoisotopic (exact) mass is 358 g/mol. The lowest BCUT2D eigenvalue weighted by atomic mass is 9.96. The Morgan fingerprint density at radius 2 is 1.81 bits per heavy atom. The van der Waals surface area contributed by atoms with Crippen molar-refractivity contribution in [1.82, 2.24) is 16.0 Å². The van der Waals surface area contributed by atoms with E-state index in [0.29, 0.717) is 18.2 Å². The zero-order valence-corrected chi connectivity index (χ0v) is 16.3. The third-order valence-corrected chi connectivity index (χ3v) is 4.74. The van der Waals surface area contributed by atoms with Gasteiger partial charge in [-0.3, -0.25) is 4.79 Å². The first-order chi connectivity index (χ1) is 12.7. The van der Waals surface area contributed by atoms with Gasteiger partial charge < -0.3 is 16.0 Å². The summed E-state index contributed by atoms with van der Waals surface area (Å²) in [6.07, 6.45) is 8.51. The van der Waals surface area contributed by atoms with Crippen molar-refractivity contribution < 1.29 is 4.79 Å². The van der Waals surface area contributed by atoms with Gasteiger partial charge in [0.15, 0.2) is 5.96 Å². The number of unbranched alkanes of at least 4 members (excludes halogenated alkanes) is 1. The number of amides is 1. The minimum Gasteiger partial charge on any atom is -0.357 e. The molecule has 1 saturated carbocycles. The first-order valence-corrected chi connectivity index (χ1v) is 10.1. The summed E-state index contributed by atoms with van der Waals surface area (Å²) in [5, 5.41) is 9.84. The molecule has 0 radical (unpaired) electrons. The predicted molar refractivity (Wildman–Crippen MR) is 109 cm³/mol. The number of benzene rings is 1. The molecular weight excluding hydrogens is 324 g/mol. The molecule has 1 amide bonds. The third kappa shape index (κ3) is 7.06. The number of carbonyl (C=O) groups excluding carboxylic acids is 1. The maximum Gasteiger partial charge on any atom is 0.251 e. The number of aliphatic imine (C=N–C) groups is 1. The van der Waals surface area contributed by atoms with Crippen molar-refractivity contribution in [2.24, 2.45) is 4.99 Å². The van der Waals surface area contributed by atoms with Crippen molar-refractivity contribution in [2.45, 2.75) is 71.4 Å². The van der Waals surface area contributed by atoms with Crippen LogP contribution in [0.3, 0.4) is 0 Å². The van der Waals surface area contributed by atoms with Gasteiger partial charge in [0, 0.05) is 24.7 Å². The molecule has 2 rings (SSSR count). The van der Waals surface area contributed by atoms with Crippen molar-refractivity contribution in [2.75, 3.05) is 13.1 Å². The van der Waals surface area contributed by atoms with E-state index < -0.39 is 0 Å². The van der Waals surface area contributed by atoms with E-state index in [0.717, 1.165) is 37.5 Å². The van der Waals surface area contributed by atoms with Crippen LogP contribution in [0.15, 0.2) is 29.3 Å². The molecule has 0 aromatic heterocycles. The normalized spacial score (nSPS) is 15.5. The fraction of sp³-hybridized carbons (Fsp3) is 0.619. The van der Waals surface area contributed by atoms with Gasteiger partial charge in [0.1, 0.15) is 0 Å². The van der Waals surface area contributed by atoms with Crippen LogP contribution in [0.5, 0.6) is 0 Å². The second kappa shape index (κ2) is 11.6. The first-order valence-electron chi connectivity index (χ1n) is 10.1. The fourth-order valence-corrected chi connectivity index (χ4v) is 3.17. The van der Waals surface area contributed by atoms with Gasteiger partial charge in [-0.05, 0) is 43.9 Å². The Hall–Kier alpha value is -2.04. The number of hydrogen-bond acceptors (Lipinski definition) is 2. The summed E-state index contributed by atoms with van der Waals surface area (Å²) in [5.74, 6) is 0.890. The van der Waals surface area contributed by atoms with Gasteiger partial charge in [0.05, 0.1) is 6.54 Å². The zero-order chi connectivity index (χ0) is 18.6. The highest BCUT2D eigenvalue weighted by Gasteiger charge is 2.14. The lowest BCUT2D eigenvalue weighted by Crippen LogP contribution is -2.44. The highest BCUT2D eigenvalue weighted by atomic mass is 16.1. The van der Waals surface area contributed by atoms with Crippen molar-refractivity contribution in [3.8, 4) is 0 Å². The summed E-state index contributed by atoms with van der Waals surface area (Å²) >= 11 is 0. The molecule has 5 heteroatoms. The minimum atomic E-state index is 0.000745. The van der Waals surface area contributed by atoms with Crippen molar-refractivity contribution >= 4 is 11.9 Å². The maximum atomic E-state index is 12.0. The maximum absolute atomic E-state index is 12.0. The molecule has 0 heterocycles. The molecule has 1 fully saturated rings. The second-order valence-corrected chi connectivity index (χ2v) is 6.98. The van der Waals surface area contributed by atoms with E-state index in [9.17, 15) is 4.79 Å². The lowest BCUT2D eigenvalue weighted by Gasteiger charge is -2.24. The molecule has 0 bridgehead atoms. The summed E-state index contributed by atoms with van der Waals surface area (Å²) in [7, 11) is 0. The van der Waals surface area contributed by atoms with E-state index >= 15 is 0 Å². The van der Waals surface area contributed by atoms with Gasteiger partial charge in [-0.25, -0.2) is 4.99 Å². The van der Waals surface area contributed by atoms with Gasteiger partial charge in [-0.2, -0.15) is 0 Å². The Kier molecular flexibility index (Phi) is 9.01. The lowest BCUT2D eigenvalue weighted by molar-refractivity contribution is 0.0953. The Bertz CT molecular complexity index is 562. The first kappa shape index (κ1) is 20.3. The molecule has 144 valence electrons.